The zero-order chi connectivity index (χ0) is 11.8. The Balaban J connectivity index is 2.40. The predicted octanol–water partition coefficient (Wildman–Crippen LogP) is 0.597. The van der Waals surface area contributed by atoms with Crippen LogP contribution in [-0.4, -0.2) is 28.2 Å². The molecule has 0 saturated carbocycles. The molecule has 2 N–H and O–H groups in total. The first-order valence-electron chi connectivity index (χ1n) is 4.20. The monoisotopic (exact) mass is 261 g/mol. The van der Waals surface area contributed by atoms with Crippen molar-refractivity contribution in [1.29, 1.82) is 0 Å². The lowest BCUT2D eigenvalue weighted by molar-refractivity contribution is 0.582. The molecule has 0 atom stereocenters. The topological polar surface area (TPSA) is 92.7 Å². The van der Waals surface area contributed by atoms with Gasteiger partial charge in [-0.1, -0.05) is 11.6 Å². The molecule has 2 heterocycles. The van der Waals surface area contributed by atoms with E-state index in [0.717, 1.165) is 0 Å². The van der Waals surface area contributed by atoms with Gasteiger partial charge in [-0.3, -0.25) is 4.68 Å². The van der Waals surface area contributed by atoms with E-state index in [1.54, 1.807) is 0 Å². The first-order chi connectivity index (χ1) is 7.50. The average Bonchev–Trinajstić information content (AvgIpc) is 2.76. The van der Waals surface area contributed by atoms with E-state index in [0.29, 0.717) is 0 Å². The number of nitrogens with zero attached hydrogens (tertiary/aromatic N) is 3. The maximum Gasteiger partial charge on any atom is 0.282 e. The molecule has 0 amide bonds. The van der Waals surface area contributed by atoms with Gasteiger partial charge in [-0.2, -0.15) is 13.5 Å². The number of H-pyrrole nitrogens is 1. The Kier molecular flexibility index (Phi) is 2.60. The summed E-state index contributed by atoms with van der Waals surface area (Å²) in [4.78, 5) is 6.37. The van der Waals surface area contributed by atoms with Crippen molar-refractivity contribution in [2.75, 3.05) is 4.72 Å². The summed E-state index contributed by atoms with van der Waals surface area (Å²) in [6.07, 6.45) is 4.20. The van der Waals surface area contributed by atoms with E-state index in [-0.39, 0.29) is 16.0 Å². The van der Waals surface area contributed by atoms with Crippen LogP contribution in [0.1, 0.15) is 0 Å². The van der Waals surface area contributed by atoms with Gasteiger partial charge >= 0.3 is 0 Å². The molecule has 0 aliphatic heterocycles. The molecule has 0 aliphatic carbocycles. The summed E-state index contributed by atoms with van der Waals surface area (Å²) in [6, 6.07) is 0. The Hall–Kier alpha value is -1.54. The summed E-state index contributed by atoms with van der Waals surface area (Å²) in [5.41, 5.74) is 0. The van der Waals surface area contributed by atoms with Gasteiger partial charge in [0, 0.05) is 19.4 Å². The van der Waals surface area contributed by atoms with Crippen molar-refractivity contribution in [3.63, 3.8) is 0 Å². The highest BCUT2D eigenvalue weighted by atomic mass is 35.5. The number of nitrogens with one attached hydrogen (secondary N) is 2. The van der Waals surface area contributed by atoms with Gasteiger partial charge in [0.2, 0.25) is 5.95 Å². The Labute approximate surface area is 96.5 Å². The van der Waals surface area contributed by atoms with Crippen molar-refractivity contribution in [3.05, 3.63) is 23.6 Å². The van der Waals surface area contributed by atoms with Crippen molar-refractivity contribution in [2.45, 2.75) is 5.03 Å². The van der Waals surface area contributed by atoms with E-state index in [1.165, 1.54) is 30.3 Å². The van der Waals surface area contributed by atoms with Crippen molar-refractivity contribution in [1.82, 2.24) is 19.7 Å². The zero-order valence-corrected chi connectivity index (χ0v) is 9.75. The van der Waals surface area contributed by atoms with Gasteiger partial charge in [-0.05, 0) is 0 Å². The van der Waals surface area contributed by atoms with Crippen LogP contribution in [0.25, 0.3) is 0 Å². The Morgan fingerprint density at radius 3 is 2.81 bits per heavy atom. The second-order valence-electron chi connectivity index (χ2n) is 2.96. The highest BCUT2D eigenvalue weighted by Gasteiger charge is 2.23. The Morgan fingerprint density at radius 2 is 2.31 bits per heavy atom. The standard InChI is InChI=1S/C7H8ClN5O2S/c1-13-6(5(8)4-11-13)16(14,15)12-7-9-2-3-10-7/h2-4H,1H3,(H2,9,10,12). The number of rotatable bonds is 3. The summed E-state index contributed by atoms with van der Waals surface area (Å²) in [6.45, 7) is 0. The first kappa shape index (κ1) is 11.0. The van der Waals surface area contributed by atoms with Crippen molar-refractivity contribution in [3.8, 4) is 0 Å². The van der Waals surface area contributed by atoms with E-state index in [1.807, 2.05) is 0 Å². The molecular weight excluding hydrogens is 254 g/mol. The summed E-state index contributed by atoms with van der Waals surface area (Å²) in [5.74, 6) is 0.122. The second kappa shape index (κ2) is 3.80. The van der Waals surface area contributed by atoms with Crippen LogP contribution in [0.5, 0.6) is 0 Å². The largest absolute Gasteiger partial charge is 0.330 e. The number of hydrogen-bond acceptors (Lipinski definition) is 4. The Bertz CT molecular complexity index is 569. The van der Waals surface area contributed by atoms with Crippen LogP contribution < -0.4 is 4.72 Å². The minimum Gasteiger partial charge on any atom is -0.330 e. The molecule has 2 aromatic heterocycles. The summed E-state index contributed by atoms with van der Waals surface area (Å²) in [7, 11) is -2.29. The molecule has 0 unspecified atom stereocenters. The molecule has 0 bridgehead atoms. The molecule has 0 fully saturated rings. The number of hydrogen-bond donors (Lipinski definition) is 2. The summed E-state index contributed by atoms with van der Waals surface area (Å²) in [5, 5.41) is 3.70. The highest BCUT2D eigenvalue weighted by molar-refractivity contribution is 7.92. The van der Waals surface area contributed by atoms with E-state index < -0.39 is 10.0 Å². The number of aromatic nitrogens is 4. The fourth-order valence-electron chi connectivity index (χ4n) is 1.20. The lowest BCUT2D eigenvalue weighted by Crippen LogP contribution is -2.17. The maximum absolute atomic E-state index is 11.9. The number of halogens is 1. The van der Waals surface area contributed by atoms with Gasteiger partial charge in [0.1, 0.15) is 0 Å². The Morgan fingerprint density at radius 1 is 1.56 bits per heavy atom. The SMILES string of the molecule is Cn1ncc(Cl)c1S(=O)(=O)Nc1ncc[nH]1. The summed E-state index contributed by atoms with van der Waals surface area (Å²) >= 11 is 5.74. The van der Waals surface area contributed by atoms with E-state index in [2.05, 4.69) is 19.8 Å². The van der Waals surface area contributed by atoms with Crippen LogP contribution in [0.3, 0.4) is 0 Å². The molecule has 2 aromatic rings. The average molecular weight is 262 g/mol. The quantitative estimate of drug-likeness (QED) is 0.846. The molecule has 7 nitrogen and oxygen atoms in total. The molecule has 16 heavy (non-hydrogen) atoms. The molecular formula is C7H8ClN5O2S. The van der Waals surface area contributed by atoms with Crippen molar-refractivity contribution in [2.24, 2.45) is 7.05 Å². The van der Waals surface area contributed by atoms with Crippen LogP contribution in [0, 0.1) is 0 Å². The second-order valence-corrected chi connectivity index (χ2v) is 4.97. The molecule has 0 aromatic carbocycles. The third kappa shape index (κ3) is 1.89. The zero-order valence-electron chi connectivity index (χ0n) is 8.18. The van der Waals surface area contributed by atoms with Crippen LogP contribution in [-0.2, 0) is 17.1 Å². The molecule has 0 aliphatic rings. The van der Waals surface area contributed by atoms with Gasteiger partial charge in [-0.25, -0.2) is 9.71 Å². The van der Waals surface area contributed by atoms with E-state index in [9.17, 15) is 8.42 Å². The van der Waals surface area contributed by atoms with Gasteiger partial charge in [0.15, 0.2) is 5.03 Å². The van der Waals surface area contributed by atoms with Crippen molar-refractivity contribution < 1.29 is 8.42 Å². The number of aromatic amines is 1. The summed E-state index contributed by atoms with van der Waals surface area (Å²) < 4.78 is 27.2. The van der Waals surface area contributed by atoms with Crippen LogP contribution in [0.15, 0.2) is 23.6 Å². The normalized spacial score (nSPS) is 11.6. The molecule has 9 heteroatoms. The van der Waals surface area contributed by atoms with Crippen LogP contribution in [0.2, 0.25) is 5.02 Å². The lowest BCUT2D eigenvalue weighted by Gasteiger charge is -2.05. The molecule has 0 radical (unpaired) electrons. The van der Waals surface area contributed by atoms with Gasteiger partial charge < -0.3 is 4.98 Å². The van der Waals surface area contributed by atoms with Crippen LogP contribution in [0.4, 0.5) is 5.95 Å². The fraction of sp³-hybridized carbons (Fsp3) is 0.143. The first-order valence-corrected chi connectivity index (χ1v) is 6.06. The fourth-order valence-corrected chi connectivity index (χ4v) is 2.84. The lowest BCUT2D eigenvalue weighted by atomic mass is 10.7. The number of sulfonamides is 1. The van der Waals surface area contributed by atoms with E-state index in [4.69, 9.17) is 11.6 Å². The minimum absolute atomic E-state index is 0.0570. The number of anilines is 1. The third-order valence-electron chi connectivity index (χ3n) is 1.83. The molecule has 86 valence electrons. The molecule has 0 saturated heterocycles. The smallest absolute Gasteiger partial charge is 0.282 e. The van der Waals surface area contributed by atoms with Crippen LogP contribution >= 0.6 is 11.6 Å². The molecule has 0 spiro atoms. The highest BCUT2D eigenvalue weighted by Crippen LogP contribution is 2.21. The van der Waals surface area contributed by atoms with Crippen molar-refractivity contribution >= 4 is 27.6 Å². The maximum atomic E-state index is 11.9. The minimum atomic E-state index is -3.78. The van der Waals surface area contributed by atoms with E-state index >= 15 is 0 Å². The van der Waals surface area contributed by atoms with Gasteiger partial charge in [-0.15, -0.1) is 0 Å². The number of aryl methyl sites for hydroxylation is 1. The van der Waals surface area contributed by atoms with Gasteiger partial charge in [0.25, 0.3) is 10.0 Å². The molecule has 2 rings (SSSR count). The third-order valence-corrected chi connectivity index (χ3v) is 3.67. The number of imidazole rings is 1. The van der Waals surface area contributed by atoms with Gasteiger partial charge in [0.05, 0.1) is 11.2 Å². The predicted molar refractivity (Wildman–Crippen MR) is 57.6 cm³/mol.